The molecule has 0 spiro atoms. The van der Waals surface area contributed by atoms with Gasteiger partial charge in [0.2, 0.25) is 0 Å². The van der Waals surface area contributed by atoms with Gasteiger partial charge in [0, 0.05) is 0 Å². The summed E-state index contributed by atoms with van der Waals surface area (Å²) in [6, 6.07) is 9.87. The van der Waals surface area contributed by atoms with Crippen molar-refractivity contribution in [3.8, 4) is 0 Å². The zero-order chi connectivity index (χ0) is 18.4. The molecule has 1 fully saturated rings. The maximum atomic E-state index is 5.13. The van der Waals surface area contributed by atoms with Crippen LogP contribution in [0.4, 0.5) is 5.69 Å². The molecule has 5 heteroatoms. The molecular formula is C21H31Cl2NSiTi-2. The van der Waals surface area contributed by atoms with E-state index in [2.05, 4.69) is 69.4 Å². The average Bonchev–Trinajstić information content (AvgIpc) is 2.91. The second-order valence-electron chi connectivity index (χ2n) is 7.98. The van der Waals surface area contributed by atoms with Gasteiger partial charge in [0.05, 0.1) is 0 Å². The third-order valence-corrected chi connectivity index (χ3v) is 7.23. The van der Waals surface area contributed by atoms with Crippen LogP contribution in [0.1, 0.15) is 25.3 Å². The summed E-state index contributed by atoms with van der Waals surface area (Å²) in [7, 11) is 8.17. The monoisotopic (exact) mass is 443 g/mol. The van der Waals surface area contributed by atoms with Crippen molar-refractivity contribution < 1.29 is 17.0 Å². The van der Waals surface area contributed by atoms with E-state index in [1.165, 1.54) is 24.4 Å². The van der Waals surface area contributed by atoms with Crippen LogP contribution in [0.5, 0.6) is 0 Å². The van der Waals surface area contributed by atoms with E-state index < -0.39 is 25.3 Å². The molecule has 26 heavy (non-hydrogen) atoms. The first-order valence-corrected chi connectivity index (χ1v) is 16.4. The van der Waals surface area contributed by atoms with Crippen LogP contribution in [0.15, 0.2) is 48.1 Å². The Bertz CT molecular complexity index is 613. The van der Waals surface area contributed by atoms with Crippen molar-refractivity contribution in [2.75, 3.05) is 0 Å². The van der Waals surface area contributed by atoms with Gasteiger partial charge >= 0.3 is 35.6 Å². The zero-order valence-electron chi connectivity index (χ0n) is 16.6. The number of aryl methyl sites for hydroxylation is 1. The van der Waals surface area contributed by atoms with Crippen molar-refractivity contribution in [1.82, 2.24) is 0 Å². The number of hydrogen-bond donors (Lipinski definition) is 0. The van der Waals surface area contributed by atoms with Crippen molar-refractivity contribution >= 4 is 32.5 Å². The summed E-state index contributed by atoms with van der Waals surface area (Å²) in [4.78, 5) is 5.13. The van der Waals surface area contributed by atoms with Crippen molar-refractivity contribution in [3.63, 3.8) is 0 Å². The van der Waals surface area contributed by atoms with Crippen LogP contribution in [0, 0.1) is 32.1 Å². The van der Waals surface area contributed by atoms with E-state index >= 15 is 0 Å². The molecule has 0 N–H and O–H groups in total. The van der Waals surface area contributed by atoms with Gasteiger partial charge in [0.1, 0.15) is 0 Å². The Kier molecular flexibility index (Phi) is 10.3. The van der Waals surface area contributed by atoms with Crippen molar-refractivity contribution in [2.24, 2.45) is 17.8 Å². The molecule has 0 amide bonds. The topological polar surface area (TPSA) is 14.1 Å². The minimum absolute atomic E-state index is 0. The molecule has 2 unspecified atom stereocenters. The van der Waals surface area contributed by atoms with E-state index in [9.17, 15) is 0 Å². The van der Waals surface area contributed by atoms with Crippen LogP contribution in [-0.4, -0.2) is 8.24 Å². The predicted octanol–water partition coefficient (Wildman–Crippen LogP) is 8.19. The molecule has 3 atom stereocenters. The van der Waals surface area contributed by atoms with Crippen LogP contribution >= 0.6 is 18.6 Å². The fraction of sp³-hybridized carbons (Fsp3) is 0.476. The van der Waals surface area contributed by atoms with Gasteiger partial charge in [-0.2, -0.15) is 0 Å². The Balaban J connectivity index is 0.000000791. The molecule has 1 aromatic rings. The van der Waals surface area contributed by atoms with Crippen LogP contribution < -0.4 is 0 Å². The SMILES string of the molecule is Cc1ccc([N-][Si](C)(C)CC2=CC=CC3C[C@H](C)CC23)cc1.[CH3-].[Cl][Ti][Cl]. The Hall–Kier alpha value is 0.0112. The molecule has 0 heterocycles. The Morgan fingerprint density at radius 2 is 1.77 bits per heavy atom. The van der Waals surface area contributed by atoms with E-state index in [0.717, 1.165) is 23.4 Å². The molecule has 2 aliphatic rings. The van der Waals surface area contributed by atoms with E-state index in [1.807, 2.05) is 0 Å². The minimum atomic E-state index is -1.61. The van der Waals surface area contributed by atoms with E-state index in [4.69, 9.17) is 23.6 Å². The summed E-state index contributed by atoms with van der Waals surface area (Å²) >= 11 is -0.556. The quantitative estimate of drug-likeness (QED) is 0.328. The second-order valence-corrected chi connectivity index (χ2v) is 14.8. The number of allylic oxidation sites excluding steroid dienone is 4. The average molecular weight is 444 g/mol. The third-order valence-electron chi connectivity index (χ3n) is 5.10. The summed E-state index contributed by atoms with van der Waals surface area (Å²) in [6.45, 7) is 9.34. The molecule has 144 valence electrons. The maximum absolute atomic E-state index is 5.13. The van der Waals surface area contributed by atoms with E-state index in [-0.39, 0.29) is 7.43 Å². The zero-order valence-corrected chi connectivity index (χ0v) is 20.7. The van der Waals surface area contributed by atoms with Gasteiger partial charge in [0.15, 0.2) is 0 Å². The number of benzene rings is 1. The number of halogens is 2. The van der Waals surface area contributed by atoms with Gasteiger partial charge in [-0.25, -0.2) is 0 Å². The number of rotatable bonds is 4. The fourth-order valence-corrected chi connectivity index (χ4v) is 6.42. The molecule has 0 aromatic heterocycles. The molecule has 0 saturated heterocycles. The second kappa shape index (κ2) is 11.1. The standard InChI is InChI=1S/C20H28NSi.CH3.2ClH.Ti/c1-15-8-10-19(11-9-15)21-22(3,4)14-18-7-5-6-17-12-16(2)13-20(17)18;;;;/h5-11,16-17,20H,12-14H2,1-4H3;1H3;2*1H;/q2*-1;;;+2/p-2/t16-,17?,20?;;;;/m0..../s1. The molecule has 1 saturated carbocycles. The Morgan fingerprint density at radius 3 is 2.38 bits per heavy atom. The molecule has 1 nitrogen and oxygen atoms in total. The van der Waals surface area contributed by atoms with E-state index in [0.29, 0.717) is 0 Å². The van der Waals surface area contributed by atoms with Crippen LogP contribution in [0.3, 0.4) is 0 Å². The summed E-state index contributed by atoms with van der Waals surface area (Å²) in [5.41, 5.74) is 4.14. The van der Waals surface area contributed by atoms with Gasteiger partial charge in [0.25, 0.3) is 0 Å². The first-order valence-electron chi connectivity index (χ1n) is 8.97. The first-order chi connectivity index (χ1) is 11.8. The van der Waals surface area contributed by atoms with Crippen LogP contribution in [-0.2, 0) is 17.0 Å². The van der Waals surface area contributed by atoms with Crippen molar-refractivity contribution in [1.29, 1.82) is 0 Å². The van der Waals surface area contributed by atoms with Gasteiger partial charge in [-0.15, -0.1) is 5.69 Å². The van der Waals surface area contributed by atoms with Crippen LogP contribution in [0.25, 0.3) is 4.98 Å². The normalized spacial score (nSPS) is 23.8. The van der Waals surface area contributed by atoms with Gasteiger partial charge in [-0.3, -0.25) is 0 Å². The summed E-state index contributed by atoms with van der Waals surface area (Å²) in [5, 5.41) is 0. The van der Waals surface area contributed by atoms with Gasteiger partial charge < -0.3 is 12.4 Å². The van der Waals surface area contributed by atoms with Crippen molar-refractivity contribution in [3.05, 3.63) is 66.0 Å². The fourth-order valence-electron chi connectivity index (χ4n) is 4.12. The number of fused-ring (bicyclic) bond motifs is 1. The Labute approximate surface area is 178 Å². The first kappa shape index (κ1) is 24.0. The van der Waals surface area contributed by atoms with Gasteiger partial charge in [-0.05, 0) is 45.8 Å². The summed E-state index contributed by atoms with van der Waals surface area (Å²) in [6.07, 6.45) is 9.86. The molecule has 0 radical (unpaired) electrons. The Morgan fingerprint density at radius 1 is 1.15 bits per heavy atom. The molecule has 2 aliphatic carbocycles. The molecule has 0 bridgehead atoms. The van der Waals surface area contributed by atoms with Crippen molar-refractivity contribution in [2.45, 2.75) is 45.8 Å². The number of nitrogens with zero attached hydrogens (tertiary/aromatic N) is 1. The summed E-state index contributed by atoms with van der Waals surface area (Å²) in [5.74, 6) is 2.46. The molecular weight excluding hydrogens is 413 g/mol. The predicted molar refractivity (Wildman–Crippen MR) is 117 cm³/mol. The molecule has 3 rings (SSSR count). The number of hydrogen-bond acceptors (Lipinski definition) is 0. The molecule has 1 aromatic carbocycles. The van der Waals surface area contributed by atoms with Gasteiger partial charge in [-0.1, -0.05) is 79.7 Å². The third kappa shape index (κ3) is 7.20. The summed E-state index contributed by atoms with van der Waals surface area (Å²) < 4.78 is 0. The van der Waals surface area contributed by atoms with E-state index in [1.54, 1.807) is 5.57 Å². The van der Waals surface area contributed by atoms with Crippen LogP contribution in [0.2, 0.25) is 19.1 Å². The molecule has 0 aliphatic heterocycles.